The van der Waals surface area contributed by atoms with Gasteiger partial charge in [-0.2, -0.15) is 0 Å². The Labute approximate surface area is 77.4 Å². The predicted octanol–water partition coefficient (Wildman–Crippen LogP) is 1.39. The summed E-state index contributed by atoms with van der Waals surface area (Å²) in [5.74, 6) is 0. The highest BCUT2D eigenvalue weighted by Crippen LogP contribution is 2.02. The third-order valence-corrected chi connectivity index (χ3v) is 1.02. The fourth-order valence-electron chi connectivity index (χ4n) is 0.348. The number of nitrogens with zero attached hydrogens (tertiary/aromatic N) is 2. The van der Waals surface area contributed by atoms with Crippen molar-refractivity contribution in [1.82, 2.24) is 9.97 Å². The number of aromatic nitrogens is 2. The average Bonchev–Trinajstić information content (AvgIpc) is 2.06. The summed E-state index contributed by atoms with van der Waals surface area (Å²) in [6, 6.07) is 0. The standard InChI is InChI=1S/C6H7BrN2O/c1-10-4-5-2-9-6(7)3-8-5/h2-3H,4H2,1H3/i1D3,2D,3D,4D2. The molecule has 0 amide bonds. The monoisotopic (exact) mass is 209 g/mol. The second kappa shape index (κ2) is 3.63. The minimum atomic E-state index is -2.98. The van der Waals surface area contributed by atoms with Crippen molar-refractivity contribution < 1.29 is 14.3 Å². The Kier molecular flexibility index (Phi) is 0.919. The summed E-state index contributed by atoms with van der Waals surface area (Å²) in [7, 11) is -2.98. The maximum absolute atomic E-state index is 7.39. The molecule has 0 radical (unpaired) electrons. The first kappa shape index (κ1) is 2.53. The van der Waals surface area contributed by atoms with Crippen molar-refractivity contribution in [2.75, 3.05) is 7.04 Å². The second-order valence-corrected chi connectivity index (χ2v) is 2.04. The summed E-state index contributed by atoms with van der Waals surface area (Å²) in [5, 5.41) is 0. The van der Waals surface area contributed by atoms with Crippen molar-refractivity contribution in [1.29, 1.82) is 0 Å². The molecule has 1 aromatic rings. The van der Waals surface area contributed by atoms with Gasteiger partial charge in [-0.05, 0) is 15.9 Å². The molecular weight excluding hydrogens is 196 g/mol. The van der Waals surface area contributed by atoms with Crippen molar-refractivity contribution in [2.45, 2.75) is 6.56 Å². The summed E-state index contributed by atoms with van der Waals surface area (Å²) < 4.78 is 54.1. The van der Waals surface area contributed by atoms with Crippen molar-refractivity contribution in [3.05, 3.63) is 22.6 Å². The molecule has 3 nitrogen and oxygen atoms in total. The van der Waals surface area contributed by atoms with Gasteiger partial charge in [-0.1, -0.05) is 0 Å². The van der Waals surface area contributed by atoms with Crippen LogP contribution in [-0.4, -0.2) is 17.0 Å². The molecule has 10 heavy (non-hydrogen) atoms. The molecule has 0 aromatic carbocycles. The van der Waals surface area contributed by atoms with Crippen molar-refractivity contribution in [2.24, 2.45) is 0 Å². The lowest BCUT2D eigenvalue weighted by Gasteiger charge is -1.95. The molecule has 1 heterocycles. The number of rotatable bonds is 2. The summed E-state index contributed by atoms with van der Waals surface area (Å²) >= 11 is 2.85. The number of ether oxygens (including phenoxy) is 1. The van der Waals surface area contributed by atoms with Gasteiger partial charge in [-0.25, -0.2) is 4.98 Å². The van der Waals surface area contributed by atoms with E-state index in [0.717, 1.165) is 0 Å². The SMILES string of the molecule is [2H]c1nc(C([2H])([2H])OC([2H])([2H])[2H])c([2H])nc1Br. The highest BCUT2D eigenvalue weighted by Gasteiger charge is 1.92. The Morgan fingerprint density at radius 3 is 3.60 bits per heavy atom. The van der Waals surface area contributed by atoms with Crippen LogP contribution in [0.4, 0.5) is 0 Å². The zero-order valence-corrected chi connectivity index (χ0v) is 6.27. The molecule has 1 rings (SSSR count). The van der Waals surface area contributed by atoms with Crippen LogP contribution in [0.3, 0.4) is 0 Å². The molecule has 1 aromatic heterocycles. The van der Waals surface area contributed by atoms with E-state index in [4.69, 9.17) is 9.60 Å². The van der Waals surface area contributed by atoms with Crippen LogP contribution in [0.15, 0.2) is 16.9 Å². The van der Waals surface area contributed by atoms with Crippen molar-refractivity contribution in [3.8, 4) is 0 Å². The number of hydrogen-bond acceptors (Lipinski definition) is 3. The maximum atomic E-state index is 7.39. The average molecular weight is 210 g/mol. The van der Waals surface area contributed by atoms with Gasteiger partial charge < -0.3 is 4.74 Å². The van der Waals surface area contributed by atoms with Crippen LogP contribution in [0, 0.1) is 0 Å². The topological polar surface area (TPSA) is 35.0 Å². The smallest absolute Gasteiger partial charge is 0.124 e. The minimum Gasteiger partial charge on any atom is -0.378 e. The van der Waals surface area contributed by atoms with Crippen molar-refractivity contribution in [3.63, 3.8) is 0 Å². The van der Waals surface area contributed by atoms with E-state index in [0.29, 0.717) is 0 Å². The van der Waals surface area contributed by atoms with Gasteiger partial charge in [0.1, 0.15) is 4.60 Å². The molecule has 0 saturated heterocycles. The highest BCUT2D eigenvalue weighted by molar-refractivity contribution is 9.10. The van der Waals surface area contributed by atoms with Crippen LogP contribution in [0.2, 0.25) is 0 Å². The van der Waals surface area contributed by atoms with E-state index in [-0.39, 0.29) is 4.60 Å². The van der Waals surface area contributed by atoms with Gasteiger partial charge in [-0.15, -0.1) is 0 Å². The molecule has 0 aliphatic carbocycles. The summed E-state index contributed by atoms with van der Waals surface area (Å²) in [6.07, 6.45) is -1.00. The Balaban J connectivity index is 3.19. The van der Waals surface area contributed by atoms with E-state index in [1.165, 1.54) is 0 Å². The molecule has 0 unspecified atom stereocenters. The molecule has 0 saturated carbocycles. The highest BCUT2D eigenvalue weighted by atomic mass is 79.9. The van der Waals surface area contributed by atoms with E-state index in [1.807, 2.05) is 0 Å². The number of methoxy groups -OCH3 is 1. The van der Waals surface area contributed by atoms with Crippen LogP contribution in [-0.2, 0) is 11.3 Å². The van der Waals surface area contributed by atoms with Gasteiger partial charge in [-0.3, -0.25) is 4.98 Å². The zero-order chi connectivity index (χ0) is 13.4. The van der Waals surface area contributed by atoms with Gasteiger partial charge in [0.05, 0.1) is 34.2 Å². The quantitative estimate of drug-likeness (QED) is 0.739. The molecule has 0 aliphatic heterocycles. The van der Waals surface area contributed by atoms with Gasteiger partial charge in [0.15, 0.2) is 0 Å². The Morgan fingerprint density at radius 1 is 1.90 bits per heavy atom. The second-order valence-electron chi connectivity index (χ2n) is 1.29. The van der Waals surface area contributed by atoms with Crippen LogP contribution < -0.4 is 0 Å². The molecule has 54 valence electrons. The molecule has 0 aliphatic rings. The largest absolute Gasteiger partial charge is 0.378 e. The van der Waals surface area contributed by atoms with Crippen LogP contribution in [0.5, 0.6) is 0 Å². The van der Waals surface area contributed by atoms with Gasteiger partial charge in [0.2, 0.25) is 0 Å². The first-order valence-electron chi connectivity index (χ1n) is 5.74. The lowest BCUT2D eigenvalue weighted by molar-refractivity contribution is 0.181. The third-order valence-electron chi connectivity index (χ3n) is 0.668. The lowest BCUT2D eigenvalue weighted by Crippen LogP contribution is -1.92. The van der Waals surface area contributed by atoms with Gasteiger partial charge in [0, 0.05) is 7.04 Å². The van der Waals surface area contributed by atoms with Crippen molar-refractivity contribution >= 4 is 15.9 Å². The van der Waals surface area contributed by atoms with Crippen LogP contribution in [0.1, 0.15) is 15.3 Å². The normalized spacial score (nSPS) is 22.7. The Bertz CT molecular complexity index is 435. The van der Waals surface area contributed by atoms with Gasteiger partial charge in [0.25, 0.3) is 0 Å². The Hall–Kier alpha value is -0.480. The van der Waals surface area contributed by atoms with Crippen LogP contribution >= 0.6 is 15.9 Å². The minimum absolute atomic E-state index is 0.0315. The summed E-state index contributed by atoms with van der Waals surface area (Å²) in [5.41, 5.74) is -0.651. The molecule has 0 fully saturated rings. The van der Waals surface area contributed by atoms with Crippen LogP contribution in [0.25, 0.3) is 0 Å². The molecule has 0 bridgehead atoms. The first-order chi connectivity index (χ1) is 7.53. The third kappa shape index (κ3) is 2.04. The maximum Gasteiger partial charge on any atom is 0.124 e. The number of hydrogen-bond donors (Lipinski definition) is 0. The van der Waals surface area contributed by atoms with E-state index in [9.17, 15) is 0 Å². The molecule has 0 N–H and O–H groups in total. The molecule has 0 spiro atoms. The lowest BCUT2D eigenvalue weighted by atomic mass is 10.5. The molecular formula is C6H7BrN2O. The predicted molar refractivity (Wildman–Crippen MR) is 40.4 cm³/mol. The Morgan fingerprint density at radius 2 is 2.80 bits per heavy atom. The fraction of sp³-hybridized carbons (Fsp3) is 0.333. The fourth-order valence-corrected chi connectivity index (χ4v) is 0.525. The van der Waals surface area contributed by atoms with E-state index in [1.54, 1.807) is 0 Å². The number of halogens is 1. The van der Waals surface area contributed by atoms with E-state index >= 15 is 0 Å². The summed E-state index contributed by atoms with van der Waals surface area (Å²) in [4.78, 5) is 6.95. The zero-order valence-electron chi connectivity index (χ0n) is 11.7. The van der Waals surface area contributed by atoms with E-state index in [2.05, 4.69) is 30.6 Å². The molecule has 0 atom stereocenters. The first-order valence-corrected chi connectivity index (χ1v) is 3.03. The van der Waals surface area contributed by atoms with Gasteiger partial charge >= 0.3 is 0 Å². The summed E-state index contributed by atoms with van der Waals surface area (Å²) in [6.45, 7) is -2.81. The van der Waals surface area contributed by atoms with E-state index < -0.39 is 31.6 Å². The molecule has 4 heteroatoms.